The fourth-order valence-electron chi connectivity index (χ4n) is 0.866. The molecule has 0 aliphatic rings. The molecule has 0 aromatic carbocycles. The van der Waals surface area contributed by atoms with E-state index in [1.54, 1.807) is 0 Å². The smallest absolute Gasteiger partial charge is 0.0442 e. The van der Waals surface area contributed by atoms with Crippen molar-refractivity contribution in [3.8, 4) is 0 Å². The van der Waals surface area contributed by atoms with Crippen LogP contribution in [0.2, 0.25) is 37.9 Å². The fourth-order valence-corrected chi connectivity index (χ4v) is 7.79. The Bertz CT molecular complexity index is 81.4. The quantitative estimate of drug-likeness (QED) is 0.543. The lowest BCUT2D eigenvalue weighted by molar-refractivity contribution is 1.21. The van der Waals surface area contributed by atoms with Gasteiger partial charge in [-0.1, -0.05) is 44.8 Å². The van der Waals surface area contributed by atoms with E-state index in [9.17, 15) is 0 Å². The topological polar surface area (TPSA) is 0 Å². The maximum Gasteiger partial charge on any atom is 0.0442 e. The molecule has 0 aromatic rings. The van der Waals surface area contributed by atoms with Crippen LogP contribution < -0.4 is 0 Å². The second kappa shape index (κ2) is 3.01. The Balaban J connectivity index is 3.88. The third kappa shape index (κ3) is 3.21. The third-order valence-electron chi connectivity index (χ3n) is 2.17. The van der Waals surface area contributed by atoms with Crippen LogP contribution in [-0.2, 0) is 0 Å². The zero-order valence-electron chi connectivity index (χ0n) is 7.58. The van der Waals surface area contributed by atoms with Gasteiger partial charge >= 0.3 is 0 Å². The van der Waals surface area contributed by atoms with Crippen molar-refractivity contribution in [3.05, 3.63) is 0 Å². The summed E-state index contributed by atoms with van der Waals surface area (Å²) in [5, 5.41) is 1.06. The van der Waals surface area contributed by atoms with E-state index >= 15 is 0 Å². The summed E-state index contributed by atoms with van der Waals surface area (Å²) in [6.07, 6.45) is 0. The van der Waals surface area contributed by atoms with Gasteiger partial charge in [0.1, 0.15) is 0 Å². The SMILES string of the molecule is CC([Si](C)C)[Si](C)(C)C. The van der Waals surface area contributed by atoms with E-state index in [0.717, 1.165) is 5.16 Å². The molecule has 0 aliphatic heterocycles. The summed E-state index contributed by atoms with van der Waals surface area (Å²) < 4.78 is 0. The summed E-state index contributed by atoms with van der Waals surface area (Å²) in [6.45, 7) is 14.7. The van der Waals surface area contributed by atoms with Gasteiger partial charge in [0.05, 0.1) is 0 Å². The van der Waals surface area contributed by atoms with Gasteiger partial charge in [-0.25, -0.2) is 0 Å². The molecule has 0 nitrogen and oxygen atoms in total. The lowest BCUT2D eigenvalue weighted by Crippen LogP contribution is -2.33. The monoisotopic (exact) mass is 159 g/mol. The van der Waals surface area contributed by atoms with E-state index in [1.165, 1.54) is 0 Å². The van der Waals surface area contributed by atoms with Gasteiger partial charge in [-0.15, -0.1) is 0 Å². The van der Waals surface area contributed by atoms with Gasteiger partial charge in [-0.05, 0) is 0 Å². The Hall–Kier alpha value is 0.434. The molecule has 0 saturated heterocycles. The van der Waals surface area contributed by atoms with Crippen LogP contribution in [-0.4, -0.2) is 16.9 Å². The van der Waals surface area contributed by atoms with Crippen molar-refractivity contribution in [2.24, 2.45) is 0 Å². The van der Waals surface area contributed by atoms with E-state index in [1.807, 2.05) is 0 Å². The van der Waals surface area contributed by atoms with Crippen LogP contribution in [0.1, 0.15) is 6.92 Å². The minimum absolute atomic E-state index is 0.00797. The summed E-state index contributed by atoms with van der Waals surface area (Å²) >= 11 is 0. The highest BCUT2D eigenvalue weighted by Gasteiger charge is 2.25. The molecular weight excluding hydrogens is 140 g/mol. The molecule has 0 spiro atoms. The van der Waals surface area contributed by atoms with Crippen LogP contribution in [0.3, 0.4) is 0 Å². The zero-order chi connectivity index (χ0) is 7.65. The van der Waals surface area contributed by atoms with Crippen molar-refractivity contribution in [3.63, 3.8) is 0 Å². The second-order valence-electron chi connectivity index (χ2n) is 4.17. The van der Waals surface area contributed by atoms with Gasteiger partial charge < -0.3 is 0 Å². The standard InChI is InChI=1S/C7H19Si2/c1-7(8(2)3)9(4,5)6/h7H,1-6H3. The van der Waals surface area contributed by atoms with Gasteiger partial charge in [-0.2, -0.15) is 0 Å². The molecule has 0 N–H and O–H groups in total. The summed E-state index contributed by atoms with van der Waals surface area (Å²) in [7, 11) is -0.786. The normalized spacial score (nSPS) is 16.3. The van der Waals surface area contributed by atoms with Gasteiger partial charge in [0.2, 0.25) is 0 Å². The molecule has 0 aliphatic carbocycles. The second-order valence-corrected chi connectivity index (χ2v) is 13.4. The molecule has 2 heteroatoms. The lowest BCUT2D eigenvalue weighted by atomic mass is 10.9. The fraction of sp³-hybridized carbons (Fsp3) is 1.00. The van der Waals surface area contributed by atoms with Crippen molar-refractivity contribution in [2.45, 2.75) is 44.8 Å². The van der Waals surface area contributed by atoms with Crippen molar-refractivity contribution in [2.75, 3.05) is 0 Å². The summed E-state index contributed by atoms with van der Waals surface area (Å²) in [4.78, 5) is 0. The molecule has 0 fully saturated rings. The number of hydrogen-bond donors (Lipinski definition) is 0. The minimum Gasteiger partial charge on any atom is -0.0713 e. The Morgan fingerprint density at radius 2 is 1.44 bits per heavy atom. The van der Waals surface area contributed by atoms with E-state index in [0.29, 0.717) is 0 Å². The van der Waals surface area contributed by atoms with E-state index < -0.39 is 8.07 Å². The third-order valence-corrected chi connectivity index (χ3v) is 10.8. The first kappa shape index (κ1) is 9.43. The molecular formula is C7H19Si2. The first-order valence-electron chi connectivity index (χ1n) is 3.65. The highest BCUT2D eigenvalue weighted by molar-refractivity contribution is 6.89. The molecule has 55 valence electrons. The average molecular weight is 159 g/mol. The first-order chi connectivity index (χ1) is 3.85. The van der Waals surface area contributed by atoms with Gasteiger partial charge in [0, 0.05) is 16.9 Å². The number of hydrogen-bond acceptors (Lipinski definition) is 0. The highest BCUT2D eigenvalue weighted by atomic mass is 28.4. The van der Waals surface area contributed by atoms with Gasteiger partial charge in [-0.3, -0.25) is 0 Å². The van der Waals surface area contributed by atoms with Gasteiger partial charge in [0.25, 0.3) is 0 Å². The highest BCUT2D eigenvalue weighted by Crippen LogP contribution is 2.23. The van der Waals surface area contributed by atoms with Crippen LogP contribution >= 0.6 is 0 Å². The molecule has 0 rings (SSSR count). The maximum absolute atomic E-state index is 2.47. The lowest BCUT2D eigenvalue weighted by Gasteiger charge is -2.27. The largest absolute Gasteiger partial charge is 0.0713 e. The Morgan fingerprint density at radius 1 is 1.11 bits per heavy atom. The van der Waals surface area contributed by atoms with Crippen LogP contribution in [0.4, 0.5) is 0 Å². The van der Waals surface area contributed by atoms with E-state index in [2.05, 4.69) is 39.7 Å². The zero-order valence-corrected chi connectivity index (χ0v) is 9.58. The van der Waals surface area contributed by atoms with Gasteiger partial charge in [0.15, 0.2) is 0 Å². The van der Waals surface area contributed by atoms with Crippen molar-refractivity contribution < 1.29 is 0 Å². The van der Waals surface area contributed by atoms with Crippen LogP contribution in [0.25, 0.3) is 0 Å². The predicted molar refractivity (Wildman–Crippen MR) is 50.3 cm³/mol. The Morgan fingerprint density at radius 3 is 1.44 bits per heavy atom. The molecule has 0 heterocycles. The molecule has 0 saturated carbocycles. The van der Waals surface area contributed by atoms with Crippen molar-refractivity contribution in [1.82, 2.24) is 0 Å². The van der Waals surface area contributed by atoms with Crippen LogP contribution in [0, 0.1) is 0 Å². The molecule has 9 heavy (non-hydrogen) atoms. The van der Waals surface area contributed by atoms with E-state index in [4.69, 9.17) is 0 Å². The summed E-state index contributed by atoms with van der Waals surface area (Å²) in [5.41, 5.74) is 0. The maximum atomic E-state index is 2.47. The minimum atomic E-state index is -0.778. The predicted octanol–water partition coefficient (Wildman–Crippen LogP) is 3.01. The van der Waals surface area contributed by atoms with Crippen LogP contribution in [0.5, 0.6) is 0 Å². The first-order valence-corrected chi connectivity index (χ1v) is 9.81. The van der Waals surface area contributed by atoms with Crippen molar-refractivity contribution in [1.29, 1.82) is 0 Å². The summed E-state index contributed by atoms with van der Waals surface area (Å²) in [6, 6.07) is 0. The molecule has 1 radical (unpaired) electrons. The summed E-state index contributed by atoms with van der Waals surface area (Å²) in [5.74, 6) is 0. The molecule has 1 atom stereocenters. The molecule has 0 aromatic heterocycles. The van der Waals surface area contributed by atoms with E-state index in [-0.39, 0.29) is 8.80 Å². The van der Waals surface area contributed by atoms with Crippen molar-refractivity contribution >= 4 is 16.9 Å². The average Bonchev–Trinajstić information content (AvgIpc) is 1.62. The Kier molecular flexibility index (Phi) is 3.16. The molecule has 0 amide bonds. The molecule has 0 bridgehead atoms. The Labute approximate surface area is 62.3 Å². The van der Waals surface area contributed by atoms with Crippen LogP contribution in [0.15, 0.2) is 0 Å². The number of rotatable bonds is 2. The molecule has 1 unspecified atom stereocenters.